The molecule has 1 aliphatic heterocycles. The molecule has 1 amide bonds. The summed E-state index contributed by atoms with van der Waals surface area (Å²) in [6, 6.07) is 4.71. The predicted octanol–water partition coefficient (Wildman–Crippen LogP) is 5.08. The molecule has 158 valence electrons. The zero-order valence-corrected chi connectivity index (χ0v) is 20.2. The van der Waals surface area contributed by atoms with E-state index in [2.05, 4.69) is 60.0 Å². The van der Waals surface area contributed by atoms with Crippen LogP contribution in [0.2, 0.25) is 18.1 Å². The number of halogens is 2. The van der Waals surface area contributed by atoms with Crippen LogP contribution in [0.4, 0.5) is 9.18 Å². The molecular weight excluding hydrogens is 443 g/mol. The first-order valence-electron chi connectivity index (χ1n) is 9.66. The Morgan fingerprint density at radius 3 is 2.68 bits per heavy atom. The normalized spacial score (nSPS) is 19.5. The summed E-state index contributed by atoms with van der Waals surface area (Å²) in [5.74, 6) is -0.341. The van der Waals surface area contributed by atoms with Crippen molar-refractivity contribution in [1.29, 1.82) is 0 Å². The standard InChI is InChI=1S/C20H32BrFN2O3Si/c1-20(2,3)28(5,6)27-15-9-10-24(12-15)13-18(26-19(25)23-4)14-7-8-17(22)16(21)11-14/h7-8,11,15,18H,9-10,12-13H2,1-6H3,(H,23,25)/t15-,18?/m0/s1. The van der Waals surface area contributed by atoms with Crippen LogP contribution in [0.15, 0.2) is 22.7 Å². The molecule has 28 heavy (non-hydrogen) atoms. The van der Waals surface area contributed by atoms with Gasteiger partial charge in [-0.05, 0) is 58.2 Å². The maximum atomic E-state index is 13.6. The SMILES string of the molecule is CNC(=O)OC(CN1CC[C@H](O[Si](C)(C)C(C)(C)C)C1)c1ccc(F)c(Br)c1. The third-order valence-electron chi connectivity index (χ3n) is 5.69. The van der Waals surface area contributed by atoms with E-state index in [1.165, 1.54) is 13.1 Å². The lowest BCUT2D eigenvalue weighted by atomic mass is 10.1. The summed E-state index contributed by atoms with van der Waals surface area (Å²) in [6.45, 7) is 13.5. The van der Waals surface area contributed by atoms with Crippen molar-refractivity contribution in [3.05, 3.63) is 34.1 Å². The van der Waals surface area contributed by atoms with Crippen LogP contribution in [0.3, 0.4) is 0 Å². The molecule has 1 saturated heterocycles. The number of benzene rings is 1. The van der Waals surface area contributed by atoms with E-state index in [-0.39, 0.29) is 17.0 Å². The lowest BCUT2D eigenvalue weighted by Gasteiger charge is -2.38. The summed E-state index contributed by atoms with van der Waals surface area (Å²) in [7, 11) is -0.292. The minimum Gasteiger partial charge on any atom is -0.440 e. The van der Waals surface area contributed by atoms with Crippen LogP contribution < -0.4 is 5.32 Å². The van der Waals surface area contributed by atoms with Gasteiger partial charge in [0, 0.05) is 26.7 Å². The number of rotatable bonds is 6. The first-order valence-corrected chi connectivity index (χ1v) is 13.4. The van der Waals surface area contributed by atoms with Gasteiger partial charge in [-0.2, -0.15) is 0 Å². The fraction of sp³-hybridized carbons (Fsp3) is 0.650. The first-order chi connectivity index (χ1) is 12.9. The highest BCUT2D eigenvalue weighted by atomic mass is 79.9. The molecule has 1 aromatic carbocycles. The van der Waals surface area contributed by atoms with Gasteiger partial charge >= 0.3 is 6.09 Å². The highest BCUT2D eigenvalue weighted by molar-refractivity contribution is 9.10. The average Bonchev–Trinajstić information content (AvgIpc) is 3.01. The minimum absolute atomic E-state index is 0.172. The molecule has 0 radical (unpaired) electrons. The van der Waals surface area contributed by atoms with E-state index < -0.39 is 20.5 Å². The van der Waals surface area contributed by atoms with Crippen LogP contribution in [0.1, 0.15) is 38.9 Å². The summed E-state index contributed by atoms with van der Waals surface area (Å²) >= 11 is 3.21. The van der Waals surface area contributed by atoms with Crippen molar-refractivity contribution >= 4 is 30.3 Å². The molecule has 0 spiro atoms. The fourth-order valence-electron chi connectivity index (χ4n) is 3.00. The highest BCUT2D eigenvalue weighted by Crippen LogP contribution is 2.38. The summed E-state index contributed by atoms with van der Waals surface area (Å²) < 4.78 is 26.1. The Morgan fingerprint density at radius 1 is 1.43 bits per heavy atom. The number of amides is 1. The number of carbonyl (C=O) groups is 1. The molecule has 0 bridgehead atoms. The van der Waals surface area contributed by atoms with Gasteiger partial charge in [0.25, 0.3) is 0 Å². The van der Waals surface area contributed by atoms with Gasteiger partial charge in [-0.3, -0.25) is 4.90 Å². The Morgan fingerprint density at radius 2 is 2.11 bits per heavy atom. The predicted molar refractivity (Wildman–Crippen MR) is 116 cm³/mol. The number of hydrogen-bond donors (Lipinski definition) is 1. The van der Waals surface area contributed by atoms with Gasteiger partial charge < -0.3 is 14.5 Å². The maximum absolute atomic E-state index is 13.6. The third kappa shape index (κ3) is 6.02. The van der Waals surface area contributed by atoms with E-state index in [0.717, 1.165) is 25.1 Å². The van der Waals surface area contributed by atoms with Crippen molar-refractivity contribution in [3.8, 4) is 0 Å². The van der Waals surface area contributed by atoms with Gasteiger partial charge in [-0.1, -0.05) is 26.8 Å². The second kappa shape index (κ2) is 9.24. The molecule has 1 heterocycles. The van der Waals surface area contributed by atoms with Gasteiger partial charge in [0.2, 0.25) is 0 Å². The van der Waals surface area contributed by atoms with Crippen molar-refractivity contribution in [2.75, 3.05) is 26.7 Å². The zero-order valence-electron chi connectivity index (χ0n) is 17.6. The fourth-order valence-corrected chi connectivity index (χ4v) is 4.77. The highest BCUT2D eigenvalue weighted by Gasteiger charge is 2.40. The summed E-state index contributed by atoms with van der Waals surface area (Å²) in [4.78, 5) is 14.1. The molecule has 8 heteroatoms. The number of likely N-dealkylation sites (tertiary alicyclic amines) is 1. The molecule has 1 aliphatic rings. The van der Waals surface area contributed by atoms with Crippen LogP contribution >= 0.6 is 15.9 Å². The van der Waals surface area contributed by atoms with E-state index in [9.17, 15) is 9.18 Å². The van der Waals surface area contributed by atoms with E-state index in [4.69, 9.17) is 9.16 Å². The molecule has 0 aliphatic carbocycles. The number of nitrogens with zero attached hydrogens (tertiary/aromatic N) is 1. The lowest BCUT2D eigenvalue weighted by Crippen LogP contribution is -2.44. The molecule has 1 aromatic rings. The Labute approximate surface area is 177 Å². The van der Waals surface area contributed by atoms with Gasteiger partial charge in [0.15, 0.2) is 8.32 Å². The third-order valence-corrected chi connectivity index (χ3v) is 10.8. The van der Waals surface area contributed by atoms with Crippen molar-refractivity contribution < 1.29 is 18.3 Å². The summed E-state index contributed by atoms with van der Waals surface area (Å²) in [6.07, 6.45) is 0.176. The Bertz CT molecular complexity index is 697. The monoisotopic (exact) mass is 474 g/mol. The number of hydrogen-bond acceptors (Lipinski definition) is 4. The van der Waals surface area contributed by atoms with Crippen molar-refractivity contribution in [1.82, 2.24) is 10.2 Å². The van der Waals surface area contributed by atoms with Crippen LogP contribution in [0, 0.1) is 5.82 Å². The minimum atomic E-state index is -1.82. The summed E-state index contributed by atoms with van der Waals surface area (Å²) in [5.41, 5.74) is 0.755. The number of nitrogens with one attached hydrogen (secondary N) is 1. The average molecular weight is 475 g/mol. The second-order valence-corrected chi connectivity index (χ2v) is 14.5. The molecule has 1 fully saturated rings. The van der Waals surface area contributed by atoms with E-state index in [0.29, 0.717) is 11.0 Å². The quantitative estimate of drug-likeness (QED) is 0.583. The molecule has 2 atom stereocenters. The van der Waals surface area contributed by atoms with Gasteiger partial charge in [0.1, 0.15) is 11.9 Å². The van der Waals surface area contributed by atoms with Gasteiger partial charge in [0.05, 0.1) is 10.6 Å². The largest absolute Gasteiger partial charge is 0.440 e. The lowest BCUT2D eigenvalue weighted by molar-refractivity contribution is 0.0731. The summed E-state index contributed by atoms with van der Waals surface area (Å²) in [5, 5.41) is 2.66. The molecule has 2 rings (SSSR count). The van der Waals surface area contributed by atoms with Gasteiger partial charge in [-0.15, -0.1) is 0 Å². The topological polar surface area (TPSA) is 50.8 Å². The molecule has 0 saturated carbocycles. The van der Waals surface area contributed by atoms with E-state index in [1.807, 2.05) is 0 Å². The van der Waals surface area contributed by atoms with E-state index >= 15 is 0 Å². The van der Waals surface area contributed by atoms with E-state index in [1.54, 1.807) is 12.1 Å². The van der Waals surface area contributed by atoms with Crippen LogP contribution in [-0.4, -0.2) is 52.1 Å². The molecular formula is C20H32BrFN2O3Si. The van der Waals surface area contributed by atoms with Crippen LogP contribution in [-0.2, 0) is 9.16 Å². The number of ether oxygens (including phenoxy) is 1. The van der Waals surface area contributed by atoms with Crippen molar-refractivity contribution in [2.24, 2.45) is 0 Å². The molecule has 1 N–H and O–H groups in total. The van der Waals surface area contributed by atoms with Crippen LogP contribution in [0.5, 0.6) is 0 Å². The maximum Gasteiger partial charge on any atom is 0.407 e. The Hall–Kier alpha value is -0.963. The number of alkyl carbamates (subject to hydrolysis) is 1. The van der Waals surface area contributed by atoms with Crippen molar-refractivity contribution in [3.63, 3.8) is 0 Å². The Kier molecular flexibility index (Phi) is 7.69. The smallest absolute Gasteiger partial charge is 0.407 e. The number of carbonyl (C=O) groups excluding carboxylic acids is 1. The molecule has 0 aromatic heterocycles. The zero-order chi connectivity index (χ0) is 21.1. The molecule has 5 nitrogen and oxygen atoms in total. The Balaban J connectivity index is 2.06. The second-order valence-electron chi connectivity index (χ2n) is 8.87. The first kappa shape index (κ1) is 23.3. The van der Waals surface area contributed by atoms with Crippen LogP contribution in [0.25, 0.3) is 0 Å². The molecule has 1 unspecified atom stereocenters. The van der Waals surface area contributed by atoms with Crippen molar-refractivity contribution in [2.45, 2.75) is 57.5 Å². The van der Waals surface area contributed by atoms with Gasteiger partial charge in [-0.25, -0.2) is 9.18 Å².